The summed E-state index contributed by atoms with van der Waals surface area (Å²) >= 11 is 9.37. The summed E-state index contributed by atoms with van der Waals surface area (Å²) in [6.07, 6.45) is 1.61. The van der Waals surface area contributed by atoms with E-state index < -0.39 is 0 Å². The highest BCUT2D eigenvalue weighted by Crippen LogP contribution is 2.24. The Morgan fingerprint density at radius 3 is 2.68 bits per heavy atom. The second-order valence-corrected chi connectivity index (χ2v) is 5.54. The molecule has 0 bridgehead atoms. The maximum Gasteiger partial charge on any atom is 0.255 e. The van der Waals surface area contributed by atoms with Crippen molar-refractivity contribution in [3.8, 4) is 0 Å². The summed E-state index contributed by atoms with van der Waals surface area (Å²) in [5, 5.41) is 3.09. The number of nitrogens with one attached hydrogen (secondary N) is 1. The molecule has 19 heavy (non-hydrogen) atoms. The topological polar surface area (TPSA) is 42.0 Å². The molecule has 0 fully saturated rings. The van der Waals surface area contributed by atoms with Gasteiger partial charge in [0.25, 0.3) is 5.91 Å². The van der Waals surface area contributed by atoms with Crippen LogP contribution in [0.3, 0.4) is 0 Å². The molecule has 0 radical (unpaired) electrons. The number of halogens is 2. The van der Waals surface area contributed by atoms with Crippen molar-refractivity contribution < 1.29 is 4.79 Å². The van der Waals surface area contributed by atoms with Crippen LogP contribution in [0.4, 0.5) is 5.69 Å². The van der Waals surface area contributed by atoms with Gasteiger partial charge < -0.3 is 5.32 Å². The zero-order valence-corrected chi connectivity index (χ0v) is 12.8. The summed E-state index contributed by atoms with van der Waals surface area (Å²) in [4.78, 5) is 16.2. The predicted molar refractivity (Wildman–Crippen MR) is 80.8 cm³/mol. The molecule has 1 N–H and O–H groups in total. The molecule has 0 spiro atoms. The predicted octanol–water partition coefficient (Wildman–Crippen LogP) is 4.37. The van der Waals surface area contributed by atoms with Crippen LogP contribution in [0.2, 0.25) is 5.15 Å². The van der Waals surface area contributed by atoms with Crippen molar-refractivity contribution in [2.45, 2.75) is 13.8 Å². The summed E-state index contributed by atoms with van der Waals surface area (Å²) in [5.74, 6) is -0.206. The third-order valence-electron chi connectivity index (χ3n) is 2.66. The number of benzene rings is 1. The Morgan fingerprint density at radius 2 is 2.05 bits per heavy atom. The number of carbonyl (C=O) groups is 1. The fraction of sp³-hybridized carbons (Fsp3) is 0.143. The molecule has 3 nitrogen and oxygen atoms in total. The molecule has 0 aliphatic rings. The zero-order chi connectivity index (χ0) is 14.0. The smallest absolute Gasteiger partial charge is 0.255 e. The van der Waals surface area contributed by atoms with E-state index >= 15 is 0 Å². The van der Waals surface area contributed by atoms with E-state index in [0.29, 0.717) is 16.4 Å². The second kappa shape index (κ2) is 5.72. The van der Waals surface area contributed by atoms with E-state index in [-0.39, 0.29) is 5.91 Å². The van der Waals surface area contributed by atoms with E-state index in [1.54, 1.807) is 18.3 Å². The lowest BCUT2D eigenvalue weighted by atomic mass is 10.1. The van der Waals surface area contributed by atoms with Gasteiger partial charge in [-0.05, 0) is 49.2 Å². The lowest BCUT2D eigenvalue weighted by Crippen LogP contribution is -2.13. The van der Waals surface area contributed by atoms with Gasteiger partial charge in [0.15, 0.2) is 5.15 Å². The minimum Gasteiger partial charge on any atom is -0.319 e. The number of hydrogen-bond donors (Lipinski definition) is 1. The maximum absolute atomic E-state index is 12.2. The van der Waals surface area contributed by atoms with E-state index in [1.807, 2.05) is 26.0 Å². The molecule has 2 rings (SSSR count). The summed E-state index contributed by atoms with van der Waals surface area (Å²) in [6, 6.07) is 7.33. The number of aryl methyl sites for hydroxylation is 2. The van der Waals surface area contributed by atoms with E-state index in [0.717, 1.165) is 15.6 Å². The highest BCUT2D eigenvalue weighted by atomic mass is 79.9. The Morgan fingerprint density at radius 1 is 1.32 bits per heavy atom. The lowest BCUT2D eigenvalue weighted by Gasteiger charge is -2.10. The molecule has 5 heteroatoms. The first-order valence-electron chi connectivity index (χ1n) is 5.67. The number of pyridine rings is 1. The fourth-order valence-electron chi connectivity index (χ4n) is 1.73. The van der Waals surface area contributed by atoms with Crippen LogP contribution >= 0.6 is 27.5 Å². The van der Waals surface area contributed by atoms with E-state index in [4.69, 9.17) is 11.6 Å². The number of rotatable bonds is 2. The van der Waals surface area contributed by atoms with Crippen LogP contribution in [0.25, 0.3) is 0 Å². The fourth-order valence-corrected chi connectivity index (χ4v) is 2.59. The van der Waals surface area contributed by atoms with Gasteiger partial charge in [0.1, 0.15) is 0 Å². The number of aromatic nitrogens is 1. The standard InChI is InChI=1S/C14H12BrClN2O/c1-8-5-10(7-11(15)6-8)14(19)18-12-9(2)3-4-17-13(12)16/h3-7H,1-2H3,(H,18,19). The monoisotopic (exact) mass is 338 g/mol. The van der Waals surface area contributed by atoms with Crippen molar-refractivity contribution in [2.75, 3.05) is 5.32 Å². The van der Waals surface area contributed by atoms with E-state index in [2.05, 4.69) is 26.2 Å². The summed E-state index contributed by atoms with van der Waals surface area (Å²) < 4.78 is 0.867. The third-order valence-corrected chi connectivity index (χ3v) is 3.40. The molecular formula is C14H12BrClN2O. The van der Waals surface area contributed by atoms with Crippen molar-refractivity contribution in [3.05, 3.63) is 56.8 Å². The zero-order valence-electron chi connectivity index (χ0n) is 10.5. The van der Waals surface area contributed by atoms with Crippen LogP contribution in [0.15, 0.2) is 34.9 Å². The van der Waals surface area contributed by atoms with Gasteiger partial charge in [-0.3, -0.25) is 4.79 Å². The average molecular weight is 340 g/mol. The van der Waals surface area contributed by atoms with Gasteiger partial charge in [0, 0.05) is 16.2 Å². The first-order chi connectivity index (χ1) is 8.97. The number of amides is 1. The molecule has 0 unspecified atom stereocenters. The van der Waals surface area contributed by atoms with Crippen LogP contribution in [0, 0.1) is 13.8 Å². The quantitative estimate of drug-likeness (QED) is 0.826. The Hall–Kier alpha value is -1.39. The maximum atomic E-state index is 12.2. The minimum atomic E-state index is -0.206. The number of nitrogens with zero attached hydrogens (tertiary/aromatic N) is 1. The molecule has 2 aromatic rings. The lowest BCUT2D eigenvalue weighted by molar-refractivity contribution is 0.102. The molecule has 0 aliphatic carbocycles. The number of hydrogen-bond acceptors (Lipinski definition) is 2. The minimum absolute atomic E-state index is 0.206. The van der Waals surface area contributed by atoms with Gasteiger partial charge in [-0.15, -0.1) is 0 Å². The van der Waals surface area contributed by atoms with E-state index in [1.165, 1.54) is 0 Å². The summed E-state index contributed by atoms with van der Waals surface area (Å²) in [6.45, 7) is 3.80. The molecule has 0 aliphatic heterocycles. The van der Waals surface area contributed by atoms with Gasteiger partial charge in [-0.1, -0.05) is 27.5 Å². The van der Waals surface area contributed by atoms with Crippen molar-refractivity contribution in [1.82, 2.24) is 4.98 Å². The molecule has 98 valence electrons. The number of anilines is 1. The molecule has 0 saturated carbocycles. The first-order valence-corrected chi connectivity index (χ1v) is 6.84. The molecule has 1 aromatic carbocycles. The van der Waals surface area contributed by atoms with Crippen molar-refractivity contribution in [1.29, 1.82) is 0 Å². The SMILES string of the molecule is Cc1cc(Br)cc(C(=O)Nc2c(C)ccnc2Cl)c1. The number of carbonyl (C=O) groups excluding carboxylic acids is 1. The van der Waals surface area contributed by atoms with Gasteiger partial charge in [0.2, 0.25) is 0 Å². The Kier molecular flexibility index (Phi) is 4.22. The molecule has 1 heterocycles. The first kappa shape index (κ1) is 14.0. The van der Waals surface area contributed by atoms with Gasteiger partial charge in [-0.2, -0.15) is 0 Å². The highest BCUT2D eigenvalue weighted by Gasteiger charge is 2.12. The molecular weight excluding hydrogens is 328 g/mol. The molecule has 1 amide bonds. The Bertz CT molecular complexity index is 603. The van der Waals surface area contributed by atoms with Crippen molar-refractivity contribution >= 4 is 39.1 Å². The van der Waals surface area contributed by atoms with Crippen LogP contribution in [0.1, 0.15) is 21.5 Å². The van der Waals surface area contributed by atoms with Gasteiger partial charge in [0.05, 0.1) is 5.69 Å². The Balaban J connectivity index is 2.31. The molecule has 0 saturated heterocycles. The van der Waals surface area contributed by atoms with Crippen molar-refractivity contribution in [3.63, 3.8) is 0 Å². The Labute approximate surface area is 125 Å². The summed E-state index contributed by atoms with van der Waals surface area (Å²) in [7, 11) is 0. The van der Waals surface area contributed by atoms with Crippen molar-refractivity contribution in [2.24, 2.45) is 0 Å². The van der Waals surface area contributed by atoms with Gasteiger partial charge >= 0.3 is 0 Å². The largest absolute Gasteiger partial charge is 0.319 e. The van der Waals surface area contributed by atoms with E-state index in [9.17, 15) is 4.79 Å². The third kappa shape index (κ3) is 3.33. The van der Waals surface area contributed by atoms with Gasteiger partial charge in [-0.25, -0.2) is 4.98 Å². The highest BCUT2D eigenvalue weighted by molar-refractivity contribution is 9.10. The van der Waals surface area contributed by atoms with Crippen LogP contribution < -0.4 is 5.32 Å². The second-order valence-electron chi connectivity index (χ2n) is 4.27. The average Bonchev–Trinajstić information content (AvgIpc) is 2.32. The molecule has 1 aromatic heterocycles. The van der Waals surface area contributed by atoms with Crippen LogP contribution in [0.5, 0.6) is 0 Å². The molecule has 0 atom stereocenters. The normalized spacial score (nSPS) is 10.3. The van der Waals surface area contributed by atoms with Crippen LogP contribution in [-0.2, 0) is 0 Å². The summed E-state index contributed by atoms with van der Waals surface area (Å²) in [5.41, 5.74) is 3.01. The van der Waals surface area contributed by atoms with Crippen LogP contribution in [-0.4, -0.2) is 10.9 Å².